The number of hydrogen-bond acceptors (Lipinski definition) is 3. The van der Waals surface area contributed by atoms with Crippen LogP contribution >= 0.6 is 12.2 Å². The average molecular weight is 366 g/mol. The van der Waals surface area contributed by atoms with Crippen LogP contribution in [0.15, 0.2) is 46.9 Å². The number of aryl methyl sites for hydroxylation is 2. The highest BCUT2D eigenvalue weighted by Crippen LogP contribution is 2.30. The van der Waals surface area contributed by atoms with Crippen LogP contribution in [0.2, 0.25) is 0 Å². The Morgan fingerprint density at radius 1 is 1.15 bits per heavy atom. The van der Waals surface area contributed by atoms with Crippen LogP contribution in [0.25, 0.3) is 11.1 Å². The first-order valence-corrected chi connectivity index (χ1v) is 9.49. The Kier molecular flexibility index (Phi) is 4.64. The minimum absolute atomic E-state index is 0.363. The fourth-order valence-electron chi connectivity index (χ4n) is 3.46. The van der Waals surface area contributed by atoms with Gasteiger partial charge in [0.2, 0.25) is 0 Å². The molecule has 0 amide bonds. The second kappa shape index (κ2) is 7.08. The molecule has 2 aromatic carbocycles. The van der Waals surface area contributed by atoms with Crippen molar-refractivity contribution in [3.8, 4) is 0 Å². The molecule has 4 nitrogen and oxygen atoms in total. The lowest BCUT2D eigenvalue weighted by atomic mass is 9.97. The molecule has 1 saturated heterocycles. The number of fused-ring (bicyclic) bond motifs is 1. The fourth-order valence-corrected chi connectivity index (χ4v) is 3.75. The van der Waals surface area contributed by atoms with Gasteiger partial charge in [0.1, 0.15) is 5.52 Å². The standard InChI is InChI=1S/C21H23N3OS/c1-14-7-8-15(2)18(13-14)23-21(26)24-11-9-16(10-12-24)20-22-17-5-3-4-6-19(17)25-20/h3-8,13,16H,9-12H2,1-2H3,(H,23,26). The van der Waals surface area contributed by atoms with Gasteiger partial charge in [-0.15, -0.1) is 0 Å². The fraction of sp³-hybridized carbons (Fsp3) is 0.333. The van der Waals surface area contributed by atoms with E-state index in [1.54, 1.807) is 0 Å². The molecule has 4 rings (SSSR count). The first-order chi connectivity index (χ1) is 12.6. The molecule has 1 aromatic heterocycles. The zero-order valence-corrected chi connectivity index (χ0v) is 16.0. The van der Waals surface area contributed by atoms with Gasteiger partial charge in [0.15, 0.2) is 16.6 Å². The number of nitrogens with zero attached hydrogens (tertiary/aromatic N) is 2. The van der Waals surface area contributed by atoms with Crippen LogP contribution in [0.1, 0.15) is 35.8 Å². The number of aromatic nitrogens is 1. The number of benzene rings is 2. The lowest BCUT2D eigenvalue weighted by molar-refractivity contribution is 0.290. The molecule has 0 saturated carbocycles. The molecule has 134 valence electrons. The summed E-state index contributed by atoms with van der Waals surface area (Å²) in [7, 11) is 0. The molecule has 0 aliphatic carbocycles. The number of piperidine rings is 1. The molecule has 1 aliphatic rings. The Bertz CT molecular complexity index is 908. The van der Waals surface area contributed by atoms with E-state index in [0.717, 1.165) is 53.7 Å². The summed E-state index contributed by atoms with van der Waals surface area (Å²) in [5.74, 6) is 1.22. The average Bonchev–Trinajstić information content (AvgIpc) is 3.09. The van der Waals surface area contributed by atoms with E-state index < -0.39 is 0 Å². The maximum Gasteiger partial charge on any atom is 0.198 e. The summed E-state index contributed by atoms with van der Waals surface area (Å²) in [6, 6.07) is 14.3. The van der Waals surface area contributed by atoms with E-state index >= 15 is 0 Å². The van der Waals surface area contributed by atoms with Crippen molar-refractivity contribution < 1.29 is 4.42 Å². The highest BCUT2D eigenvalue weighted by Gasteiger charge is 2.26. The summed E-state index contributed by atoms with van der Waals surface area (Å²) in [4.78, 5) is 6.91. The number of para-hydroxylation sites is 2. The van der Waals surface area contributed by atoms with Crippen LogP contribution < -0.4 is 5.32 Å². The van der Waals surface area contributed by atoms with Crippen molar-refractivity contribution in [3.63, 3.8) is 0 Å². The molecule has 2 heterocycles. The van der Waals surface area contributed by atoms with Crippen molar-refractivity contribution in [2.45, 2.75) is 32.6 Å². The van der Waals surface area contributed by atoms with Gasteiger partial charge in [-0.2, -0.15) is 0 Å². The van der Waals surface area contributed by atoms with Crippen LogP contribution in [0, 0.1) is 13.8 Å². The number of thiocarbonyl (C=S) groups is 1. The number of likely N-dealkylation sites (tertiary alicyclic amines) is 1. The van der Waals surface area contributed by atoms with Crippen LogP contribution in [0.3, 0.4) is 0 Å². The van der Waals surface area contributed by atoms with Crippen LogP contribution in [0.5, 0.6) is 0 Å². The van der Waals surface area contributed by atoms with Gasteiger partial charge in [-0.1, -0.05) is 24.3 Å². The summed E-state index contributed by atoms with van der Waals surface area (Å²) in [6.45, 7) is 6.03. The monoisotopic (exact) mass is 365 g/mol. The van der Waals surface area contributed by atoms with Crippen molar-refractivity contribution in [2.75, 3.05) is 18.4 Å². The predicted molar refractivity (Wildman–Crippen MR) is 110 cm³/mol. The molecular formula is C21H23N3OS. The predicted octanol–water partition coefficient (Wildman–Crippen LogP) is 5.02. The van der Waals surface area contributed by atoms with E-state index in [0.29, 0.717) is 5.92 Å². The first kappa shape index (κ1) is 17.0. The van der Waals surface area contributed by atoms with Gasteiger partial charge >= 0.3 is 0 Å². The molecule has 0 unspecified atom stereocenters. The van der Waals surface area contributed by atoms with Gasteiger partial charge in [0.25, 0.3) is 0 Å². The lowest BCUT2D eigenvalue weighted by Crippen LogP contribution is -2.40. The second-order valence-corrected chi connectivity index (χ2v) is 7.42. The Morgan fingerprint density at radius 2 is 1.92 bits per heavy atom. The third kappa shape index (κ3) is 3.44. The van der Waals surface area contributed by atoms with E-state index in [-0.39, 0.29) is 0 Å². The van der Waals surface area contributed by atoms with Crippen molar-refractivity contribution >= 4 is 34.1 Å². The zero-order valence-electron chi connectivity index (χ0n) is 15.2. The smallest absolute Gasteiger partial charge is 0.198 e. The highest BCUT2D eigenvalue weighted by atomic mass is 32.1. The van der Waals surface area contributed by atoms with Gasteiger partial charge in [-0.25, -0.2) is 4.98 Å². The number of oxazole rings is 1. The number of rotatable bonds is 2. The SMILES string of the molecule is Cc1ccc(C)c(NC(=S)N2CCC(c3nc4ccccc4o3)CC2)c1. The molecule has 26 heavy (non-hydrogen) atoms. The van der Waals surface area contributed by atoms with E-state index in [1.807, 2.05) is 24.3 Å². The van der Waals surface area contributed by atoms with E-state index in [2.05, 4.69) is 47.2 Å². The molecule has 0 atom stereocenters. The third-order valence-corrected chi connectivity index (χ3v) is 5.44. The van der Waals surface area contributed by atoms with Crippen molar-refractivity contribution in [3.05, 3.63) is 59.5 Å². The zero-order chi connectivity index (χ0) is 18.1. The topological polar surface area (TPSA) is 41.3 Å². The number of hydrogen-bond donors (Lipinski definition) is 1. The normalized spacial score (nSPS) is 15.4. The molecule has 0 spiro atoms. The number of nitrogens with one attached hydrogen (secondary N) is 1. The van der Waals surface area contributed by atoms with Crippen molar-refractivity contribution in [2.24, 2.45) is 0 Å². The Labute approximate surface area is 159 Å². The van der Waals surface area contributed by atoms with Crippen LogP contribution in [-0.2, 0) is 0 Å². The number of anilines is 1. The van der Waals surface area contributed by atoms with Gasteiger partial charge < -0.3 is 14.6 Å². The summed E-state index contributed by atoms with van der Waals surface area (Å²) in [5, 5.41) is 4.22. The van der Waals surface area contributed by atoms with Crippen LogP contribution in [0.4, 0.5) is 5.69 Å². The summed E-state index contributed by atoms with van der Waals surface area (Å²) >= 11 is 5.64. The molecule has 1 fully saturated rings. The first-order valence-electron chi connectivity index (χ1n) is 9.09. The Hall–Kier alpha value is -2.40. The molecule has 1 aliphatic heterocycles. The quantitative estimate of drug-likeness (QED) is 0.646. The van der Waals surface area contributed by atoms with Gasteiger partial charge in [-0.3, -0.25) is 0 Å². The molecule has 1 N–H and O–H groups in total. The molecule has 3 aromatic rings. The van der Waals surface area contributed by atoms with Gasteiger partial charge in [0.05, 0.1) is 0 Å². The summed E-state index contributed by atoms with van der Waals surface area (Å²) in [6.07, 6.45) is 2.00. The third-order valence-electron chi connectivity index (χ3n) is 5.08. The maximum atomic E-state index is 5.95. The largest absolute Gasteiger partial charge is 0.440 e. The molecular weight excluding hydrogens is 342 g/mol. The van der Waals surface area contributed by atoms with E-state index in [9.17, 15) is 0 Å². The minimum atomic E-state index is 0.363. The maximum absolute atomic E-state index is 5.95. The second-order valence-electron chi connectivity index (χ2n) is 7.03. The lowest BCUT2D eigenvalue weighted by Gasteiger charge is -2.33. The van der Waals surface area contributed by atoms with Crippen LogP contribution in [-0.4, -0.2) is 28.1 Å². The van der Waals surface area contributed by atoms with Gasteiger partial charge in [-0.05, 0) is 68.2 Å². The summed E-state index contributed by atoms with van der Waals surface area (Å²) < 4.78 is 5.95. The highest BCUT2D eigenvalue weighted by molar-refractivity contribution is 7.80. The Balaban J connectivity index is 1.39. The van der Waals surface area contributed by atoms with Crippen molar-refractivity contribution in [1.82, 2.24) is 9.88 Å². The minimum Gasteiger partial charge on any atom is -0.440 e. The molecule has 0 radical (unpaired) electrons. The molecule has 5 heteroatoms. The van der Waals surface area contributed by atoms with E-state index in [4.69, 9.17) is 16.6 Å². The summed E-state index contributed by atoms with van der Waals surface area (Å²) in [5.41, 5.74) is 5.35. The Morgan fingerprint density at radius 3 is 2.69 bits per heavy atom. The van der Waals surface area contributed by atoms with Crippen molar-refractivity contribution in [1.29, 1.82) is 0 Å². The van der Waals surface area contributed by atoms with Gasteiger partial charge in [0, 0.05) is 24.7 Å². The molecule has 0 bridgehead atoms. The van der Waals surface area contributed by atoms with E-state index in [1.165, 1.54) is 11.1 Å².